The Morgan fingerprint density at radius 3 is 2.04 bits per heavy atom. The van der Waals surface area contributed by atoms with E-state index in [9.17, 15) is 0 Å². The van der Waals surface area contributed by atoms with Gasteiger partial charge < -0.3 is 0 Å². The number of benzene rings is 5. The van der Waals surface area contributed by atoms with Crippen LogP contribution in [0.2, 0.25) is 0 Å². The molecule has 0 atom stereocenters. The first-order chi connectivity index (χ1) is 21.8. The Bertz CT molecular complexity index is 1800. The Hall–Kier alpha value is -2.61. The predicted molar refractivity (Wildman–Crippen MR) is 195 cm³/mol. The summed E-state index contributed by atoms with van der Waals surface area (Å²) < 4.78 is 0. The molecule has 0 bridgehead atoms. The minimum atomic E-state index is -0.826. The Kier molecular flexibility index (Phi) is 11.8. The van der Waals surface area contributed by atoms with Crippen LogP contribution in [0.5, 0.6) is 0 Å². The second-order valence-electron chi connectivity index (χ2n) is 12.0. The van der Waals surface area contributed by atoms with E-state index in [-0.39, 0.29) is 0 Å². The quantitative estimate of drug-likeness (QED) is 0.123. The van der Waals surface area contributed by atoms with Crippen molar-refractivity contribution >= 4 is 47.7 Å². The maximum absolute atomic E-state index is 4.93. The fourth-order valence-corrected chi connectivity index (χ4v) is 7.28. The van der Waals surface area contributed by atoms with E-state index in [0.717, 1.165) is 15.9 Å². The Balaban J connectivity index is 0.000000206. The van der Waals surface area contributed by atoms with E-state index in [2.05, 4.69) is 150 Å². The van der Waals surface area contributed by atoms with Crippen LogP contribution in [0.15, 0.2) is 115 Å². The van der Waals surface area contributed by atoms with E-state index < -0.39 is 20.8 Å². The molecular formula is C41H38Cl2SiZr. The molecule has 224 valence electrons. The van der Waals surface area contributed by atoms with Gasteiger partial charge in [0.15, 0.2) is 0 Å². The van der Waals surface area contributed by atoms with Crippen LogP contribution >= 0.6 is 17.0 Å². The van der Waals surface area contributed by atoms with Gasteiger partial charge in [-0.2, -0.15) is 29.5 Å². The second kappa shape index (κ2) is 15.8. The summed E-state index contributed by atoms with van der Waals surface area (Å²) >= 11 is -0.826. The van der Waals surface area contributed by atoms with Gasteiger partial charge in [-0.15, -0.1) is 40.1 Å². The molecule has 4 heteroatoms. The monoisotopic (exact) mass is 718 g/mol. The van der Waals surface area contributed by atoms with E-state index in [1.165, 1.54) is 71.2 Å². The molecule has 1 aliphatic heterocycles. The van der Waals surface area contributed by atoms with Crippen molar-refractivity contribution in [3.63, 3.8) is 0 Å². The maximum Gasteiger partial charge on any atom is 0.0920 e. The average molecular weight is 721 g/mol. The summed E-state index contributed by atoms with van der Waals surface area (Å²) in [7, 11) is 10.7. The van der Waals surface area contributed by atoms with Crippen LogP contribution in [0.3, 0.4) is 0 Å². The van der Waals surface area contributed by atoms with Crippen molar-refractivity contribution in [1.82, 2.24) is 0 Å². The van der Waals surface area contributed by atoms with Crippen molar-refractivity contribution in [3.8, 4) is 33.4 Å². The van der Waals surface area contributed by atoms with Crippen LogP contribution in [0.1, 0.15) is 63.1 Å². The fraction of sp³-hybridized carbons (Fsp3) is 0.195. The third-order valence-electron chi connectivity index (χ3n) is 8.40. The molecule has 0 saturated carbocycles. The molecule has 0 aliphatic carbocycles. The summed E-state index contributed by atoms with van der Waals surface area (Å²) in [6, 6.07) is 45.4. The van der Waals surface area contributed by atoms with Gasteiger partial charge in [0.2, 0.25) is 0 Å². The molecule has 45 heavy (non-hydrogen) atoms. The molecular weight excluding hydrogens is 683 g/mol. The van der Waals surface area contributed by atoms with Crippen molar-refractivity contribution in [2.45, 2.75) is 52.9 Å². The molecule has 7 rings (SSSR count). The summed E-state index contributed by atoms with van der Waals surface area (Å²) in [5.41, 5.74) is 12.4. The van der Waals surface area contributed by atoms with Gasteiger partial charge in [-0.05, 0) is 40.5 Å². The maximum atomic E-state index is 4.93. The van der Waals surface area contributed by atoms with Gasteiger partial charge in [0.05, 0.1) is 9.52 Å². The van der Waals surface area contributed by atoms with Crippen LogP contribution in [0, 0.1) is 6.07 Å². The predicted octanol–water partition coefficient (Wildman–Crippen LogP) is 11.2. The van der Waals surface area contributed by atoms with Gasteiger partial charge in [0, 0.05) is 0 Å². The molecule has 2 radical (unpaired) electrons. The van der Waals surface area contributed by atoms with E-state index >= 15 is 0 Å². The zero-order valence-electron chi connectivity index (χ0n) is 26.6. The molecule has 0 saturated heterocycles. The summed E-state index contributed by atoms with van der Waals surface area (Å²) in [6.45, 7) is 11.4. The molecule has 0 amide bonds. The number of hydrogen-bond acceptors (Lipinski definition) is 0. The molecule has 6 aromatic carbocycles. The fourth-order valence-electron chi connectivity index (χ4n) is 5.97. The Morgan fingerprint density at radius 2 is 1.38 bits per heavy atom. The number of aryl methyl sites for hydroxylation is 1. The Morgan fingerprint density at radius 1 is 0.733 bits per heavy atom. The molecule has 1 aliphatic rings. The van der Waals surface area contributed by atoms with Gasteiger partial charge in [-0.3, -0.25) is 0 Å². The zero-order chi connectivity index (χ0) is 31.9. The van der Waals surface area contributed by atoms with Crippen molar-refractivity contribution in [3.05, 3.63) is 138 Å². The summed E-state index contributed by atoms with van der Waals surface area (Å²) in [5.74, 6) is 1.05. The molecule has 0 fully saturated rings. The SMILES string of the molecule is CCc1ccc2[cH-]c(-c3ccccc3)cc2c1-c1cc(C(C)C)cc(C(C)C)c1.[Cl][Zr+2][Cl].[c-]1cccc2c1[Si]c1ccccc1-2. The standard InChI is InChI=1S/C29H31.C12H7Si.2ClH.Zr/c1-6-21-12-13-23-14-26(22-10-8-7-9-11-22)18-28(23)29(21)27-16-24(19(2)3)15-25(17-27)20(4)5;1-3-7-11-9(5-1)10-6-2-4-8-12(10)13-11;;;/h7-20H,6H2,1-5H3;1-7H;2*1H;/q2*-1;;;+4/p-2. The van der Waals surface area contributed by atoms with Crippen LogP contribution in [0.4, 0.5) is 0 Å². The third kappa shape index (κ3) is 7.86. The van der Waals surface area contributed by atoms with E-state index in [1.54, 1.807) is 0 Å². The molecule has 0 aromatic heterocycles. The van der Waals surface area contributed by atoms with E-state index in [0.29, 0.717) is 11.8 Å². The Labute approximate surface area is 290 Å². The molecule has 1 heterocycles. The van der Waals surface area contributed by atoms with Gasteiger partial charge >= 0.3 is 37.9 Å². The largest absolute Gasteiger partial charge is 0.184 e. The van der Waals surface area contributed by atoms with Crippen molar-refractivity contribution < 1.29 is 20.8 Å². The van der Waals surface area contributed by atoms with Crippen molar-refractivity contribution in [2.24, 2.45) is 0 Å². The molecule has 0 spiro atoms. The second-order valence-corrected chi connectivity index (χ2v) is 17.0. The van der Waals surface area contributed by atoms with Crippen LogP contribution in [0.25, 0.3) is 44.2 Å². The smallest absolute Gasteiger partial charge is 0.0920 e. The summed E-state index contributed by atoms with van der Waals surface area (Å²) in [4.78, 5) is 0. The number of hydrogen-bond donors (Lipinski definition) is 0. The molecule has 0 unspecified atom stereocenters. The summed E-state index contributed by atoms with van der Waals surface area (Å²) in [5, 5.41) is 5.53. The summed E-state index contributed by atoms with van der Waals surface area (Å²) in [6.07, 6.45) is 1.04. The van der Waals surface area contributed by atoms with Crippen LogP contribution < -0.4 is 10.4 Å². The van der Waals surface area contributed by atoms with Gasteiger partial charge in [0.1, 0.15) is 0 Å². The molecule has 0 nitrogen and oxygen atoms in total. The van der Waals surface area contributed by atoms with Crippen LogP contribution in [-0.4, -0.2) is 9.52 Å². The first kappa shape index (κ1) is 33.7. The van der Waals surface area contributed by atoms with Gasteiger partial charge in [0.25, 0.3) is 0 Å². The van der Waals surface area contributed by atoms with Gasteiger partial charge in [-0.1, -0.05) is 135 Å². The normalized spacial score (nSPS) is 11.3. The van der Waals surface area contributed by atoms with Crippen LogP contribution in [-0.2, 0) is 27.3 Å². The minimum absolute atomic E-state index is 0.524. The minimum Gasteiger partial charge on any atom is -0.184 e. The third-order valence-corrected chi connectivity index (χ3v) is 9.77. The first-order valence-electron chi connectivity index (χ1n) is 15.6. The zero-order valence-corrected chi connectivity index (χ0v) is 31.6. The molecule has 0 N–H and O–H groups in total. The number of rotatable bonds is 5. The van der Waals surface area contributed by atoms with E-state index in [4.69, 9.17) is 17.0 Å². The molecule has 6 aromatic rings. The van der Waals surface area contributed by atoms with Crippen molar-refractivity contribution in [2.75, 3.05) is 0 Å². The van der Waals surface area contributed by atoms with E-state index in [1.807, 2.05) is 6.07 Å². The number of fused-ring (bicyclic) bond motifs is 4. The average Bonchev–Trinajstić information content (AvgIpc) is 3.67. The number of halogens is 2. The topological polar surface area (TPSA) is 0 Å². The van der Waals surface area contributed by atoms with Crippen molar-refractivity contribution in [1.29, 1.82) is 0 Å². The first-order valence-corrected chi connectivity index (χ1v) is 22.9. The van der Waals surface area contributed by atoms with Gasteiger partial charge in [-0.25, -0.2) is 0 Å².